The molecule has 1 saturated heterocycles. The van der Waals surface area contributed by atoms with Crippen LogP contribution in [0.5, 0.6) is 0 Å². The molecular weight excluding hydrogens is 320 g/mol. The topological polar surface area (TPSA) is 49.4 Å². The van der Waals surface area contributed by atoms with Gasteiger partial charge in [-0.15, -0.1) is 11.8 Å². The molecule has 2 atom stereocenters. The van der Waals surface area contributed by atoms with Crippen molar-refractivity contribution < 1.29 is 9.59 Å². The minimum absolute atomic E-state index is 0.0335. The van der Waals surface area contributed by atoms with Gasteiger partial charge < -0.3 is 10.2 Å². The largest absolute Gasteiger partial charge is 0.347 e. The second-order valence-corrected chi connectivity index (χ2v) is 7.79. The summed E-state index contributed by atoms with van der Waals surface area (Å²) < 4.78 is 0. The van der Waals surface area contributed by atoms with E-state index < -0.39 is 0 Å². The van der Waals surface area contributed by atoms with Crippen LogP contribution in [0.4, 0.5) is 0 Å². The third-order valence-electron chi connectivity index (χ3n) is 4.62. The van der Waals surface area contributed by atoms with Crippen molar-refractivity contribution in [2.45, 2.75) is 46.1 Å². The molecule has 2 amide bonds. The van der Waals surface area contributed by atoms with Gasteiger partial charge in [0.2, 0.25) is 11.8 Å². The van der Waals surface area contributed by atoms with E-state index in [4.69, 9.17) is 0 Å². The zero-order valence-corrected chi connectivity index (χ0v) is 15.9. The monoisotopic (exact) mass is 348 g/mol. The second-order valence-electron chi connectivity index (χ2n) is 6.83. The summed E-state index contributed by atoms with van der Waals surface area (Å²) in [4.78, 5) is 25.6. The Morgan fingerprint density at radius 3 is 2.33 bits per heavy atom. The first-order valence-corrected chi connectivity index (χ1v) is 9.82. The normalized spacial score (nSPS) is 17.2. The number of rotatable bonds is 7. The Morgan fingerprint density at radius 2 is 1.83 bits per heavy atom. The molecule has 1 aromatic rings. The summed E-state index contributed by atoms with van der Waals surface area (Å²) in [5.74, 6) is 1.89. The predicted molar refractivity (Wildman–Crippen MR) is 99.9 cm³/mol. The number of amides is 2. The first-order chi connectivity index (χ1) is 11.4. The lowest BCUT2D eigenvalue weighted by Gasteiger charge is -2.25. The molecule has 1 heterocycles. The molecule has 2 rings (SSSR count). The SMILES string of the molecule is CC[C@@H](C)c1ccc([C@H](NC(=O)CN2CSCC2=O)C(C)C)cc1. The van der Waals surface area contributed by atoms with Crippen molar-refractivity contribution in [1.82, 2.24) is 10.2 Å². The fourth-order valence-electron chi connectivity index (χ4n) is 2.84. The van der Waals surface area contributed by atoms with Crippen molar-refractivity contribution >= 4 is 23.6 Å². The van der Waals surface area contributed by atoms with Crippen LogP contribution in [0.15, 0.2) is 24.3 Å². The lowest BCUT2D eigenvalue weighted by atomic mass is 9.92. The van der Waals surface area contributed by atoms with Crippen molar-refractivity contribution in [3.8, 4) is 0 Å². The summed E-state index contributed by atoms with van der Waals surface area (Å²) in [5.41, 5.74) is 2.45. The Balaban J connectivity index is 2.03. The van der Waals surface area contributed by atoms with E-state index in [1.807, 2.05) is 0 Å². The van der Waals surface area contributed by atoms with Crippen LogP contribution in [-0.4, -0.2) is 34.9 Å². The van der Waals surface area contributed by atoms with E-state index in [-0.39, 0.29) is 30.3 Å². The molecule has 0 unspecified atom stereocenters. The molecule has 0 saturated carbocycles. The van der Waals surface area contributed by atoms with E-state index in [9.17, 15) is 9.59 Å². The Hall–Kier alpha value is -1.49. The summed E-state index contributed by atoms with van der Waals surface area (Å²) in [5, 5.41) is 3.10. The summed E-state index contributed by atoms with van der Waals surface area (Å²) in [6, 6.07) is 8.51. The van der Waals surface area contributed by atoms with Crippen molar-refractivity contribution in [3.63, 3.8) is 0 Å². The lowest BCUT2D eigenvalue weighted by Crippen LogP contribution is -2.40. The molecule has 1 N–H and O–H groups in total. The van der Waals surface area contributed by atoms with E-state index in [0.717, 1.165) is 12.0 Å². The number of thioether (sulfide) groups is 1. The molecule has 0 spiro atoms. The van der Waals surface area contributed by atoms with Crippen LogP contribution in [0.2, 0.25) is 0 Å². The molecular formula is C19H28N2O2S. The van der Waals surface area contributed by atoms with Gasteiger partial charge in [-0.2, -0.15) is 0 Å². The van der Waals surface area contributed by atoms with Gasteiger partial charge in [-0.25, -0.2) is 0 Å². The van der Waals surface area contributed by atoms with Gasteiger partial charge in [0.25, 0.3) is 0 Å². The summed E-state index contributed by atoms with van der Waals surface area (Å²) in [6.45, 7) is 8.77. The highest BCUT2D eigenvalue weighted by Gasteiger charge is 2.25. The van der Waals surface area contributed by atoms with Crippen molar-refractivity contribution in [2.75, 3.05) is 18.2 Å². The van der Waals surface area contributed by atoms with Crippen LogP contribution >= 0.6 is 11.8 Å². The number of carbonyl (C=O) groups excluding carboxylic acids is 2. The quantitative estimate of drug-likeness (QED) is 0.820. The molecule has 1 aromatic carbocycles. The van der Waals surface area contributed by atoms with Gasteiger partial charge in [0.15, 0.2) is 0 Å². The maximum Gasteiger partial charge on any atom is 0.240 e. The van der Waals surface area contributed by atoms with E-state index in [1.165, 1.54) is 5.56 Å². The molecule has 132 valence electrons. The third kappa shape index (κ3) is 4.76. The number of nitrogens with one attached hydrogen (secondary N) is 1. The zero-order valence-electron chi connectivity index (χ0n) is 15.0. The standard InChI is InChI=1S/C19H28N2O2S/c1-5-14(4)15-6-8-16(9-7-15)19(13(2)3)20-17(22)10-21-12-24-11-18(21)23/h6-9,13-14,19H,5,10-12H2,1-4H3,(H,20,22)/t14-,19-/m1/s1. The molecule has 0 radical (unpaired) electrons. The fraction of sp³-hybridized carbons (Fsp3) is 0.579. The highest BCUT2D eigenvalue weighted by Crippen LogP contribution is 2.25. The van der Waals surface area contributed by atoms with Crippen LogP contribution in [-0.2, 0) is 9.59 Å². The number of benzene rings is 1. The summed E-state index contributed by atoms with van der Waals surface area (Å²) in [7, 11) is 0. The maximum absolute atomic E-state index is 12.3. The lowest BCUT2D eigenvalue weighted by molar-refractivity contribution is -0.132. The number of nitrogens with zero attached hydrogens (tertiary/aromatic N) is 1. The van der Waals surface area contributed by atoms with E-state index >= 15 is 0 Å². The van der Waals surface area contributed by atoms with E-state index in [2.05, 4.69) is 57.3 Å². The second kappa shape index (κ2) is 8.56. The average molecular weight is 349 g/mol. The number of hydrogen-bond donors (Lipinski definition) is 1. The van der Waals surface area contributed by atoms with Gasteiger partial charge in [-0.05, 0) is 29.4 Å². The van der Waals surface area contributed by atoms with Crippen LogP contribution < -0.4 is 5.32 Å². The molecule has 24 heavy (non-hydrogen) atoms. The third-order valence-corrected chi connectivity index (χ3v) is 5.57. The average Bonchev–Trinajstić information content (AvgIpc) is 2.96. The van der Waals surface area contributed by atoms with Gasteiger partial charge in [0.1, 0.15) is 6.54 Å². The Bertz CT molecular complexity index is 571. The van der Waals surface area contributed by atoms with Crippen molar-refractivity contribution in [1.29, 1.82) is 0 Å². The number of hydrogen-bond acceptors (Lipinski definition) is 3. The molecule has 1 aliphatic heterocycles. The maximum atomic E-state index is 12.3. The Morgan fingerprint density at radius 1 is 1.21 bits per heavy atom. The van der Waals surface area contributed by atoms with Crippen LogP contribution in [0, 0.1) is 5.92 Å². The van der Waals surface area contributed by atoms with Crippen LogP contribution in [0.25, 0.3) is 0 Å². The molecule has 1 fully saturated rings. The van der Waals surface area contributed by atoms with Gasteiger partial charge in [0.05, 0.1) is 17.7 Å². The van der Waals surface area contributed by atoms with Crippen molar-refractivity contribution in [3.05, 3.63) is 35.4 Å². The van der Waals surface area contributed by atoms with Gasteiger partial charge in [0, 0.05) is 0 Å². The summed E-state index contributed by atoms with van der Waals surface area (Å²) in [6.07, 6.45) is 1.12. The summed E-state index contributed by atoms with van der Waals surface area (Å²) >= 11 is 1.56. The molecule has 0 aromatic heterocycles. The molecule has 1 aliphatic rings. The van der Waals surface area contributed by atoms with Gasteiger partial charge in [-0.1, -0.05) is 52.0 Å². The smallest absolute Gasteiger partial charge is 0.240 e. The first kappa shape index (κ1) is 18.8. The molecule has 5 heteroatoms. The fourth-order valence-corrected chi connectivity index (χ4v) is 3.74. The van der Waals surface area contributed by atoms with E-state index in [1.54, 1.807) is 16.7 Å². The molecule has 0 aliphatic carbocycles. The highest BCUT2D eigenvalue weighted by molar-refractivity contribution is 8.00. The van der Waals surface area contributed by atoms with Crippen LogP contribution in [0.1, 0.15) is 57.2 Å². The molecule has 0 bridgehead atoms. The minimum atomic E-state index is -0.0875. The van der Waals surface area contributed by atoms with Crippen molar-refractivity contribution in [2.24, 2.45) is 5.92 Å². The Kier molecular flexibility index (Phi) is 6.72. The van der Waals surface area contributed by atoms with E-state index in [0.29, 0.717) is 17.5 Å². The predicted octanol–water partition coefficient (Wildman–Crippen LogP) is 3.55. The van der Waals surface area contributed by atoms with Gasteiger partial charge >= 0.3 is 0 Å². The Labute approximate surface area is 149 Å². The van der Waals surface area contributed by atoms with Crippen LogP contribution in [0.3, 0.4) is 0 Å². The zero-order chi connectivity index (χ0) is 17.7. The molecule has 4 nitrogen and oxygen atoms in total. The number of carbonyl (C=O) groups is 2. The minimum Gasteiger partial charge on any atom is -0.347 e. The highest BCUT2D eigenvalue weighted by atomic mass is 32.2. The first-order valence-electron chi connectivity index (χ1n) is 8.67. The van der Waals surface area contributed by atoms with Gasteiger partial charge in [-0.3, -0.25) is 9.59 Å².